The number of nitriles is 1. The van der Waals surface area contributed by atoms with Gasteiger partial charge in [0.05, 0.1) is 11.6 Å². The van der Waals surface area contributed by atoms with Crippen LogP contribution in [0.1, 0.15) is 40.7 Å². The van der Waals surface area contributed by atoms with E-state index < -0.39 is 0 Å². The normalized spacial score (nSPS) is 12.0. The smallest absolute Gasteiger partial charge is 0.0991 e. The molecule has 122 valence electrons. The molecular weight excluding hydrogens is 302 g/mol. The summed E-state index contributed by atoms with van der Waals surface area (Å²) in [7, 11) is 0. The van der Waals surface area contributed by atoms with Crippen molar-refractivity contribution in [1.29, 1.82) is 5.26 Å². The molecule has 0 spiro atoms. The molecule has 3 aromatic carbocycles. The fourth-order valence-electron chi connectivity index (χ4n) is 2.88. The Hall–Kier alpha value is -3.11. The van der Waals surface area contributed by atoms with Crippen LogP contribution in [-0.4, -0.2) is 0 Å². The van der Waals surface area contributed by atoms with Gasteiger partial charge in [0.1, 0.15) is 0 Å². The molecule has 0 aliphatic carbocycles. The molecule has 0 radical (unpaired) electrons. The second-order valence-electron chi connectivity index (χ2n) is 6.32. The summed E-state index contributed by atoms with van der Waals surface area (Å²) in [6, 6.07) is 29.1. The first-order chi connectivity index (χ1) is 12.2. The first-order valence-corrected chi connectivity index (χ1v) is 8.57. The Morgan fingerprint density at radius 2 is 1.36 bits per heavy atom. The number of benzene rings is 3. The summed E-state index contributed by atoms with van der Waals surface area (Å²) in [5.74, 6) is 0.515. The Morgan fingerprint density at radius 3 is 1.92 bits per heavy atom. The Morgan fingerprint density at radius 1 is 0.800 bits per heavy atom. The number of hydrogen-bond acceptors (Lipinski definition) is 1. The highest BCUT2D eigenvalue weighted by atomic mass is 14.2. The molecule has 0 bridgehead atoms. The topological polar surface area (TPSA) is 23.8 Å². The lowest BCUT2D eigenvalue weighted by Crippen LogP contribution is -1.98. The maximum absolute atomic E-state index is 8.83. The molecule has 0 N–H and O–H groups in total. The molecule has 0 unspecified atom stereocenters. The Bertz CT molecular complexity index is 866. The molecule has 25 heavy (non-hydrogen) atoms. The molecule has 0 aromatic heterocycles. The van der Waals surface area contributed by atoms with Gasteiger partial charge in [0, 0.05) is 0 Å². The first-order valence-electron chi connectivity index (χ1n) is 8.57. The minimum Gasteiger partial charge on any atom is -0.192 e. The molecular formula is C24H21N. The standard InChI is InChI=1S/C24H21N/c1-19(24-5-3-2-4-6-24)17-22-13-9-20(10-14-22)7-8-21-11-15-23(18-25)16-12-21/h2-16,19H,17H2,1H3/t19-/m0/s1. The highest BCUT2D eigenvalue weighted by molar-refractivity contribution is 5.69. The van der Waals surface area contributed by atoms with Crippen LogP contribution < -0.4 is 0 Å². The quantitative estimate of drug-likeness (QED) is 0.522. The van der Waals surface area contributed by atoms with Gasteiger partial charge in [0.15, 0.2) is 0 Å². The predicted octanol–water partition coefficient (Wildman–Crippen LogP) is 6.07. The molecule has 1 heteroatoms. The van der Waals surface area contributed by atoms with E-state index in [-0.39, 0.29) is 0 Å². The van der Waals surface area contributed by atoms with E-state index in [1.165, 1.54) is 16.7 Å². The molecule has 1 atom stereocenters. The van der Waals surface area contributed by atoms with Crippen LogP contribution in [0.5, 0.6) is 0 Å². The van der Waals surface area contributed by atoms with Crippen LogP contribution in [-0.2, 0) is 6.42 Å². The lowest BCUT2D eigenvalue weighted by Gasteiger charge is -2.12. The maximum Gasteiger partial charge on any atom is 0.0991 e. The summed E-state index contributed by atoms with van der Waals surface area (Å²) in [5.41, 5.74) is 5.70. The van der Waals surface area contributed by atoms with Gasteiger partial charge in [0.2, 0.25) is 0 Å². The molecule has 0 saturated heterocycles. The van der Waals surface area contributed by atoms with Crippen molar-refractivity contribution in [3.8, 4) is 6.07 Å². The largest absolute Gasteiger partial charge is 0.192 e. The third-order valence-electron chi connectivity index (χ3n) is 4.40. The second-order valence-corrected chi connectivity index (χ2v) is 6.32. The van der Waals surface area contributed by atoms with E-state index in [0.29, 0.717) is 11.5 Å². The zero-order valence-corrected chi connectivity index (χ0v) is 14.4. The van der Waals surface area contributed by atoms with Crippen LogP contribution in [0, 0.1) is 11.3 Å². The molecule has 3 aromatic rings. The Kier molecular flexibility index (Phi) is 5.44. The van der Waals surface area contributed by atoms with Crippen LogP contribution in [0.25, 0.3) is 12.2 Å². The van der Waals surface area contributed by atoms with Gasteiger partial charge in [-0.1, -0.05) is 85.8 Å². The molecule has 1 nitrogen and oxygen atoms in total. The summed E-state index contributed by atoms with van der Waals surface area (Å²) in [6.07, 6.45) is 5.22. The van der Waals surface area contributed by atoms with Gasteiger partial charge in [-0.15, -0.1) is 0 Å². The Labute approximate surface area is 149 Å². The molecule has 0 aliphatic rings. The molecule has 0 saturated carbocycles. The lowest BCUT2D eigenvalue weighted by molar-refractivity contribution is 0.759. The van der Waals surface area contributed by atoms with E-state index in [4.69, 9.17) is 5.26 Å². The molecule has 0 heterocycles. The van der Waals surface area contributed by atoms with Crippen molar-refractivity contribution in [2.75, 3.05) is 0 Å². The van der Waals surface area contributed by atoms with Gasteiger partial charge in [0.25, 0.3) is 0 Å². The van der Waals surface area contributed by atoms with Crippen molar-refractivity contribution in [1.82, 2.24) is 0 Å². The molecule has 0 fully saturated rings. The van der Waals surface area contributed by atoms with Gasteiger partial charge in [-0.2, -0.15) is 5.26 Å². The summed E-state index contributed by atoms with van der Waals surface area (Å²) in [5, 5.41) is 8.83. The zero-order valence-electron chi connectivity index (χ0n) is 14.4. The average molecular weight is 323 g/mol. The highest BCUT2D eigenvalue weighted by Gasteiger charge is 2.05. The molecule has 3 rings (SSSR count). The van der Waals surface area contributed by atoms with Crippen LogP contribution in [0.2, 0.25) is 0 Å². The van der Waals surface area contributed by atoms with Gasteiger partial charge in [-0.25, -0.2) is 0 Å². The number of nitrogens with zero attached hydrogens (tertiary/aromatic N) is 1. The lowest BCUT2D eigenvalue weighted by atomic mass is 9.93. The highest BCUT2D eigenvalue weighted by Crippen LogP contribution is 2.20. The van der Waals surface area contributed by atoms with Gasteiger partial charge >= 0.3 is 0 Å². The third kappa shape index (κ3) is 4.68. The van der Waals surface area contributed by atoms with Crippen LogP contribution in [0.15, 0.2) is 78.9 Å². The minimum atomic E-state index is 0.515. The Balaban J connectivity index is 1.63. The second kappa shape index (κ2) is 8.13. The summed E-state index contributed by atoms with van der Waals surface area (Å²) in [4.78, 5) is 0. The summed E-state index contributed by atoms with van der Waals surface area (Å²) >= 11 is 0. The van der Waals surface area contributed by atoms with E-state index >= 15 is 0 Å². The average Bonchev–Trinajstić information content (AvgIpc) is 2.68. The summed E-state index contributed by atoms with van der Waals surface area (Å²) in [6.45, 7) is 2.27. The van der Waals surface area contributed by atoms with Crippen molar-refractivity contribution in [3.05, 3.63) is 107 Å². The maximum atomic E-state index is 8.83. The predicted molar refractivity (Wildman–Crippen MR) is 105 cm³/mol. The monoisotopic (exact) mass is 323 g/mol. The van der Waals surface area contributed by atoms with Crippen LogP contribution >= 0.6 is 0 Å². The van der Waals surface area contributed by atoms with E-state index in [9.17, 15) is 0 Å². The third-order valence-corrected chi connectivity index (χ3v) is 4.40. The van der Waals surface area contributed by atoms with E-state index in [1.54, 1.807) is 0 Å². The minimum absolute atomic E-state index is 0.515. The fraction of sp³-hybridized carbons (Fsp3) is 0.125. The number of rotatable bonds is 5. The van der Waals surface area contributed by atoms with Crippen molar-refractivity contribution in [2.45, 2.75) is 19.3 Å². The van der Waals surface area contributed by atoms with Crippen LogP contribution in [0.3, 0.4) is 0 Å². The fourth-order valence-corrected chi connectivity index (χ4v) is 2.88. The SMILES string of the molecule is C[C@@H](Cc1ccc(C=Cc2ccc(C#N)cc2)cc1)c1ccccc1. The molecule has 0 aliphatic heterocycles. The van der Waals surface area contributed by atoms with E-state index in [0.717, 1.165) is 12.0 Å². The summed E-state index contributed by atoms with van der Waals surface area (Å²) < 4.78 is 0. The van der Waals surface area contributed by atoms with Gasteiger partial charge < -0.3 is 0 Å². The van der Waals surface area contributed by atoms with Crippen molar-refractivity contribution in [2.24, 2.45) is 0 Å². The van der Waals surface area contributed by atoms with Crippen LogP contribution in [0.4, 0.5) is 0 Å². The van der Waals surface area contributed by atoms with Gasteiger partial charge in [-0.05, 0) is 46.7 Å². The zero-order chi connectivity index (χ0) is 17.5. The van der Waals surface area contributed by atoms with Gasteiger partial charge in [-0.3, -0.25) is 0 Å². The molecule has 0 amide bonds. The number of hydrogen-bond donors (Lipinski definition) is 0. The van der Waals surface area contributed by atoms with Crippen molar-refractivity contribution < 1.29 is 0 Å². The first kappa shape index (κ1) is 16.7. The van der Waals surface area contributed by atoms with Crippen molar-refractivity contribution in [3.63, 3.8) is 0 Å². The van der Waals surface area contributed by atoms with E-state index in [2.05, 4.69) is 79.7 Å². The van der Waals surface area contributed by atoms with Crippen molar-refractivity contribution >= 4 is 12.2 Å². The van der Waals surface area contributed by atoms with E-state index in [1.807, 2.05) is 24.3 Å².